The zero-order valence-electron chi connectivity index (χ0n) is 10.6. The molecule has 2 rings (SSSR count). The van der Waals surface area contributed by atoms with Gasteiger partial charge in [-0.1, -0.05) is 32.1 Å². The van der Waals surface area contributed by atoms with Crippen molar-refractivity contribution in [3.63, 3.8) is 0 Å². The Morgan fingerprint density at radius 1 is 0.778 bits per heavy atom. The molecule has 0 aromatic rings. The molecule has 2 aliphatic carbocycles. The first-order chi connectivity index (χ1) is 8.56. The van der Waals surface area contributed by atoms with Gasteiger partial charge in [0, 0.05) is 0 Å². The van der Waals surface area contributed by atoms with E-state index in [1.54, 1.807) is 0 Å². The molecule has 2 nitrogen and oxygen atoms in total. The van der Waals surface area contributed by atoms with Crippen LogP contribution in [-0.4, -0.2) is 10.5 Å². The van der Waals surface area contributed by atoms with Crippen LogP contribution in [0.25, 0.3) is 0 Å². The van der Waals surface area contributed by atoms with Crippen LogP contribution in [0.2, 0.25) is 0 Å². The summed E-state index contributed by atoms with van der Waals surface area (Å²) in [5.74, 6) is 1.44. The highest BCUT2D eigenvalue weighted by molar-refractivity contribution is 6.74. The van der Waals surface area contributed by atoms with Crippen LogP contribution in [0, 0.1) is 17.3 Å². The highest BCUT2D eigenvalue weighted by atomic mass is 35.5. The predicted molar refractivity (Wildman–Crippen MR) is 72.7 cm³/mol. The average Bonchev–Trinajstić information content (AvgIpc) is 2.39. The minimum Gasteiger partial charge on any atom is -0.280 e. The second-order valence-corrected chi connectivity index (χ2v) is 6.55. The fraction of sp³-hybridized carbons (Fsp3) is 0.857. The monoisotopic (exact) mass is 290 g/mol. The van der Waals surface area contributed by atoms with E-state index < -0.39 is 15.9 Å². The molecule has 0 heterocycles. The van der Waals surface area contributed by atoms with Gasteiger partial charge in [0.25, 0.3) is 0 Å². The fourth-order valence-electron chi connectivity index (χ4n) is 3.68. The second-order valence-electron chi connectivity index (χ2n) is 5.87. The molecule has 0 aromatic carbocycles. The number of hydrogen-bond acceptors (Lipinski definition) is 2. The fourth-order valence-corrected chi connectivity index (χ4v) is 4.28. The van der Waals surface area contributed by atoms with Gasteiger partial charge in [0.15, 0.2) is 0 Å². The van der Waals surface area contributed by atoms with Crippen molar-refractivity contribution in [3.05, 3.63) is 0 Å². The molecular formula is C14H20Cl2O2. The number of halogens is 2. The van der Waals surface area contributed by atoms with Gasteiger partial charge >= 0.3 is 0 Å². The zero-order chi connectivity index (χ0) is 13.2. The van der Waals surface area contributed by atoms with Gasteiger partial charge in [-0.25, -0.2) is 0 Å². The molecule has 0 aromatic heterocycles. The lowest BCUT2D eigenvalue weighted by molar-refractivity contribution is -0.134. The molecule has 0 spiro atoms. The molecule has 0 N–H and O–H groups in total. The summed E-state index contributed by atoms with van der Waals surface area (Å²) < 4.78 is 0. The summed E-state index contributed by atoms with van der Waals surface area (Å²) in [4.78, 5) is 23.0. The Balaban J connectivity index is 1.97. The molecule has 0 atom stereocenters. The van der Waals surface area contributed by atoms with Crippen molar-refractivity contribution in [1.29, 1.82) is 0 Å². The Morgan fingerprint density at radius 2 is 1.22 bits per heavy atom. The molecular weight excluding hydrogens is 271 g/mol. The number of carbonyl (C=O) groups is 2. The van der Waals surface area contributed by atoms with Gasteiger partial charge in [-0.15, -0.1) is 0 Å². The lowest BCUT2D eigenvalue weighted by Crippen LogP contribution is -2.39. The second kappa shape index (κ2) is 5.92. The summed E-state index contributed by atoms with van der Waals surface area (Å²) in [5, 5.41) is -1.13. The molecule has 2 fully saturated rings. The van der Waals surface area contributed by atoms with E-state index in [1.807, 2.05) is 0 Å². The molecule has 0 unspecified atom stereocenters. The quantitative estimate of drug-likeness (QED) is 0.574. The van der Waals surface area contributed by atoms with E-state index in [4.69, 9.17) is 23.2 Å². The van der Waals surface area contributed by atoms with E-state index in [9.17, 15) is 9.59 Å². The third kappa shape index (κ3) is 2.75. The summed E-state index contributed by atoms with van der Waals surface area (Å²) in [6.45, 7) is 0. The maximum Gasteiger partial charge on any atom is 0.236 e. The maximum absolute atomic E-state index is 11.5. The molecule has 0 aliphatic heterocycles. The van der Waals surface area contributed by atoms with Crippen molar-refractivity contribution in [2.45, 2.75) is 57.8 Å². The van der Waals surface area contributed by atoms with Gasteiger partial charge in [-0.05, 0) is 60.7 Å². The van der Waals surface area contributed by atoms with Crippen LogP contribution in [0.5, 0.6) is 0 Å². The van der Waals surface area contributed by atoms with Gasteiger partial charge in [0.1, 0.15) is 5.41 Å². The predicted octanol–water partition coefficient (Wildman–Crippen LogP) is 4.27. The first-order valence-electron chi connectivity index (χ1n) is 6.96. The van der Waals surface area contributed by atoms with Gasteiger partial charge in [0.05, 0.1) is 0 Å². The van der Waals surface area contributed by atoms with Crippen LogP contribution in [0.4, 0.5) is 0 Å². The number of hydrogen-bond donors (Lipinski definition) is 0. The molecule has 2 saturated carbocycles. The number of carbonyl (C=O) groups excluding carboxylic acids is 2. The molecule has 0 bridgehead atoms. The normalized spacial score (nSPS) is 25.9. The topological polar surface area (TPSA) is 34.1 Å². The minimum absolute atomic E-state index is 0.541. The van der Waals surface area contributed by atoms with Crippen molar-refractivity contribution in [3.8, 4) is 0 Å². The first kappa shape index (κ1) is 14.3. The molecule has 0 amide bonds. The van der Waals surface area contributed by atoms with Gasteiger partial charge < -0.3 is 0 Å². The molecule has 0 radical (unpaired) electrons. The average molecular weight is 291 g/mol. The van der Waals surface area contributed by atoms with Crippen LogP contribution < -0.4 is 0 Å². The van der Waals surface area contributed by atoms with Crippen molar-refractivity contribution >= 4 is 33.7 Å². The standard InChI is InChI=1S/C14H20Cl2O2/c15-12(17)14(13(16)18)8-6-11(7-9-14)10-4-2-1-3-5-10/h10-11H,1-9H2. The highest BCUT2D eigenvalue weighted by Crippen LogP contribution is 2.47. The maximum atomic E-state index is 11.5. The van der Waals surface area contributed by atoms with Crippen LogP contribution in [-0.2, 0) is 9.59 Å². The lowest BCUT2D eigenvalue weighted by atomic mass is 9.66. The Morgan fingerprint density at radius 3 is 1.67 bits per heavy atom. The largest absolute Gasteiger partial charge is 0.280 e. The van der Waals surface area contributed by atoms with Crippen LogP contribution in [0.15, 0.2) is 0 Å². The Hall–Kier alpha value is -0.0800. The van der Waals surface area contributed by atoms with E-state index in [2.05, 4.69) is 0 Å². The summed E-state index contributed by atoms with van der Waals surface area (Å²) in [6.07, 6.45) is 9.54. The van der Waals surface area contributed by atoms with E-state index in [0.717, 1.165) is 18.8 Å². The molecule has 0 saturated heterocycles. The van der Waals surface area contributed by atoms with E-state index >= 15 is 0 Å². The van der Waals surface area contributed by atoms with E-state index in [1.165, 1.54) is 32.1 Å². The van der Waals surface area contributed by atoms with Crippen LogP contribution in [0.1, 0.15) is 57.8 Å². The summed E-state index contributed by atoms with van der Waals surface area (Å²) in [5.41, 5.74) is -1.09. The van der Waals surface area contributed by atoms with Crippen LogP contribution >= 0.6 is 23.2 Å². The summed E-state index contributed by atoms with van der Waals surface area (Å²) in [7, 11) is 0. The molecule has 102 valence electrons. The smallest absolute Gasteiger partial charge is 0.236 e. The van der Waals surface area contributed by atoms with Crippen molar-refractivity contribution in [1.82, 2.24) is 0 Å². The highest BCUT2D eigenvalue weighted by Gasteiger charge is 2.47. The van der Waals surface area contributed by atoms with Gasteiger partial charge in [0.2, 0.25) is 10.5 Å². The zero-order valence-corrected chi connectivity index (χ0v) is 12.1. The lowest BCUT2D eigenvalue weighted by Gasteiger charge is -2.39. The SMILES string of the molecule is O=C(Cl)C1(C(=O)Cl)CCC(C2CCCCC2)CC1. The van der Waals surface area contributed by atoms with Gasteiger partial charge in [-0.2, -0.15) is 0 Å². The molecule has 2 aliphatic rings. The third-order valence-corrected chi connectivity index (χ3v) is 5.68. The van der Waals surface area contributed by atoms with E-state index in [0.29, 0.717) is 18.8 Å². The van der Waals surface area contributed by atoms with Crippen LogP contribution in [0.3, 0.4) is 0 Å². The van der Waals surface area contributed by atoms with Crippen molar-refractivity contribution in [2.75, 3.05) is 0 Å². The Kier molecular flexibility index (Phi) is 4.71. The van der Waals surface area contributed by atoms with Crippen molar-refractivity contribution in [2.24, 2.45) is 17.3 Å². The Labute approximate surface area is 118 Å². The summed E-state index contributed by atoms with van der Waals surface area (Å²) >= 11 is 11.2. The Bertz CT molecular complexity index is 311. The first-order valence-corrected chi connectivity index (χ1v) is 7.72. The van der Waals surface area contributed by atoms with Crippen molar-refractivity contribution < 1.29 is 9.59 Å². The van der Waals surface area contributed by atoms with Gasteiger partial charge in [-0.3, -0.25) is 9.59 Å². The molecule has 4 heteroatoms. The minimum atomic E-state index is -1.09. The molecule has 18 heavy (non-hydrogen) atoms. The third-order valence-electron chi connectivity index (χ3n) is 4.95. The number of rotatable bonds is 3. The van der Waals surface area contributed by atoms with E-state index in [-0.39, 0.29) is 0 Å². The summed E-state index contributed by atoms with van der Waals surface area (Å²) in [6, 6.07) is 0.